The van der Waals surface area contributed by atoms with Crippen molar-refractivity contribution < 1.29 is 18.7 Å². The highest BCUT2D eigenvalue weighted by atomic mass is 79.9. The van der Waals surface area contributed by atoms with Gasteiger partial charge in [-0.15, -0.1) is 0 Å². The molecular formula is C25H25BrFNO3. The van der Waals surface area contributed by atoms with E-state index in [9.17, 15) is 4.79 Å². The molecule has 0 N–H and O–H groups in total. The third kappa shape index (κ3) is 5.64. The van der Waals surface area contributed by atoms with Crippen molar-refractivity contribution in [3.05, 3.63) is 87.6 Å². The van der Waals surface area contributed by atoms with Crippen LogP contribution < -0.4 is 14.4 Å². The van der Waals surface area contributed by atoms with Gasteiger partial charge >= 0.3 is 0 Å². The zero-order valence-electron chi connectivity index (χ0n) is 17.8. The molecule has 3 aromatic carbocycles. The van der Waals surface area contributed by atoms with Crippen molar-refractivity contribution >= 4 is 27.9 Å². The number of rotatable bonds is 9. The van der Waals surface area contributed by atoms with Crippen molar-refractivity contribution in [3.63, 3.8) is 0 Å². The summed E-state index contributed by atoms with van der Waals surface area (Å²) in [7, 11) is 3.25. The van der Waals surface area contributed by atoms with Gasteiger partial charge in [-0.2, -0.15) is 0 Å². The van der Waals surface area contributed by atoms with Gasteiger partial charge in [0, 0.05) is 23.5 Å². The number of halogens is 2. The van der Waals surface area contributed by atoms with Crippen LogP contribution in [0.15, 0.2) is 65.1 Å². The van der Waals surface area contributed by atoms with E-state index in [2.05, 4.69) is 15.9 Å². The number of aldehydes is 1. The molecule has 3 aromatic rings. The van der Waals surface area contributed by atoms with Crippen LogP contribution in [0.5, 0.6) is 11.5 Å². The number of carbonyl (C=O) groups excluding carboxylic acids is 1. The molecule has 1 unspecified atom stereocenters. The van der Waals surface area contributed by atoms with Crippen LogP contribution in [0.3, 0.4) is 0 Å². The second-order valence-electron chi connectivity index (χ2n) is 7.30. The number of ether oxygens (including phenoxy) is 2. The topological polar surface area (TPSA) is 38.8 Å². The predicted molar refractivity (Wildman–Crippen MR) is 124 cm³/mol. The smallest absolute Gasteiger partial charge is 0.146 e. The molecule has 1 atom stereocenters. The first-order valence-corrected chi connectivity index (χ1v) is 10.7. The minimum atomic E-state index is -0.394. The fraction of sp³-hybridized carbons (Fsp3) is 0.240. The predicted octanol–water partition coefficient (Wildman–Crippen LogP) is 6.11. The molecular weight excluding hydrogens is 461 g/mol. The molecule has 0 aliphatic rings. The average molecular weight is 486 g/mol. The third-order valence-electron chi connectivity index (χ3n) is 5.17. The Balaban J connectivity index is 1.97. The molecule has 0 aromatic heterocycles. The van der Waals surface area contributed by atoms with Crippen LogP contribution in [0.1, 0.15) is 29.5 Å². The van der Waals surface area contributed by atoms with Crippen LogP contribution in [0.4, 0.5) is 10.1 Å². The summed E-state index contributed by atoms with van der Waals surface area (Å²) < 4.78 is 26.4. The van der Waals surface area contributed by atoms with Crippen molar-refractivity contribution in [1.29, 1.82) is 0 Å². The van der Waals surface area contributed by atoms with Gasteiger partial charge in [0.1, 0.15) is 23.6 Å². The van der Waals surface area contributed by atoms with Gasteiger partial charge in [-0.1, -0.05) is 47.1 Å². The largest absolute Gasteiger partial charge is 0.497 e. The van der Waals surface area contributed by atoms with Crippen LogP contribution in [0.2, 0.25) is 0 Å². The summed E-state index contributed by atoms with van der Waals surface area (Å²) in [5.41, 5.74) is 3.13. The SMILES string of the molecule is COc1ccc(CN(Cc2ccc(OC)cc2)c2cc(Br)c(C(C)C=O)cc2F)cc1. The zero-order valence-corrected chi connectivity index (χ0v) is 19.4. The maximum atomic E-state index is 15.2. The Morgan fingerprint density at radius 1 is 0.935 bits per heavy atom. The molecule has 3 rings (SSSR count). The highest BCUT2D eigenvalue weighted by Crippen LogP contribution is 2.33. The Hall–Kier alpha value is -2.86. The van der Waals surface area contributed by atoms with Crippen LogP contribution in [0.25, 0.3) is 0 Å². The molecule has 162 valence electrons. The first kappa shape index (κ1) is 22.8. The molecule has 0 radical (unpaired) electrons. The first-order chi connectivity index (χ1) is 14.9. The lowest BCUT2D eigenvalue weighted by molar-refractivity contribution is -0.108. The van der Waals surface area contributed by atoms with Gasteiger partial charge in [-0.25, -0.2) is 4.39 Å². The van der Waals surface area contributed by atoms with Crippen LogP contribution in [0, 0.1) is 5.82 Å². The molecule has 0 aliphatic carbocycles. The van der Waals surface area contributed by atoms with Gasteiger partial charge in [0.25, 0.3) is 0 Å². The number of hydrogen-bond donors (Lipinski definition) is 0. The molecule has 6 heteroatoms. The van der Waals surface area contributed by atoms with Crippen molar-refractivity contribution in [2.45, 2.75) is 25.9 Å². The number of methoxy groups -OCH3 is 2. The second kappa shape index (κ2) is 10.4. The van der Waals surface area contributed by atoms with Crippen molar-refractivity contribution in [3.8, 4) is 11.5 Å². The molecule has 4 nitrogen and oxygen atoms in total. The minimum Gasteiger partial charge on any atom is -0.497 e. The van der Waals surface area contributed by atoms with E-state index in [1.807, 2.05) is 53.4 Å². The monoisotopic (exact) mass is 485 g/mol. The van der Waals surface area contributed by atoms with Crippen LogP contribution >= 0.6 is 15.9 Å². The van der Waals surface area contributed by atoms with E-state index in [4.69, 9.17) is 9.47 Å². The summed E-state index contributed by atoms with van der Waals surface area (Å²) in [6.07, 6.45) is 0.811. The Bertz CT molecular complexity index is 973. The summed E-state index contributed by atoms with van der Waals surface area (Å²) in [6.45, 7) is 2.75. The quantitative estimate of drug-likeness (QED) is 0.342. The summed E-state index contributed by atoms with van der Waals surface area (Å²) in [5, 5.41) is 0. The molecule has 0 saturated heterocycles. The molecule has 0 heterocycles. The van der Waals surface area contributed by atoms with Gasteiger partial charge in [0.2, 0.25) is 0 Å². The first-order valence-electron chi connectivity index (χ1n) is 9.90. The van der Waals surface area contributed by atoms with Crippen molar-refractivity contribution in [1.82, 2.24) is 0 Å². The zero-order chi connectivity index (χ0) is 22.4. The number of benzene rings is 3. The maximum Gasteiger partial charge on any atom is 0.146 e. The fourth-order valence-corrected chi connectivity index (χ4v) is 4.04. The molecule has 0 bridgehead atoms. The highest BCUT2D eigenvalue weighted by molar-refractivity contribution is 9.10. The molecule has 0 amide bonds. The Kier molecular flexibility index (Phi) is 7.69. The van der Waals surface area contributed by atoms with E-state index in [1.54, 1.807) is 27.2 Å². The van der Waals surface area contributed by atoms with Gasteiger partial charge in [-0.05, 0) is 53.1 Å². The fourth-order valence-electron chi connectivity index (χ4n) is 3.35. The number of hydrogen-bond acceptors (Lipinski definition) is 4. The Morgan fingerprint density at radius 3 is 1.84 bits per heavy atom. The molecule has 0 saturated carbocycles. The maximum absolute atomic E-state index is 15.2. The standard InChI is InChI=1S/C25H25BrFNO3/c1-17(16-29)22-12-24(27)25(13-23(22)26)28(14-18-4-8-20(30-2)9-5-18)15-19-6-10-21(31-3)11-7-19/h4-13,16-17H,14-15H2,1-3H3. The van der Waals surface area contributed by atoms with E-state index in [-0.39, 0.29) is 5.82 Å². The third-order valence-corrected chi connectivity index (χ3v) is 5.85. The normalized spacial score (nSPS) is 11.6. The van der Waals surface area contributed by atoms with E-state index in [0.29, 0.717) is 28.8 Å². The van der Waals surface area contributed by atoms with Gasteiger partial charge in [0.15, 0.2) is 0 Å². The number of carbonyl (C=O) groups is 1. The molecule has 0 spiro atoms. The summed E-state index contributed by atoms with van der Waals surface area (Å²) in [5.74, 6) is 0.779. The molecule has 0 aliphatic heterocycles. The molecule has 0 fully saturated rings. The highest BCUT2D eigenvalue weighted by Gasteiger charge is 2.18. The average Bonchev–Trinajstić information content (AvgIpc) is 2.80. The molecule has 31 heavy (non-hydrogen) atoms. The van der Waals surface area contributed by atoms with Crippen molar-refractivity contribution in [2.24, 2.45) is 0 Å². The summed E-state index contributed by atoms with van der Waals surface area (Å²) >= 11 is 3.51. The van der Waals surface area contributed by atoms with E-state index < -0.39 is 5.92 Å². The van der Waals surface area contributed by atoms with Gasteiger partial charge in [-0.3, -0.25) is 0 Å². The lowest BCUT2D eigenvalue weighted by atomic mass is 10.0. The van der Waals surface area contributed by atoms with E-state index >= 15 is 4.39 Å². The number of anilines is 1. The minimum absolute atomic E-state index is 0.367. The number of nitrogens with zero attached hydrogens (tertiary/aromatic N) is 1. The van der Waals surface area contributed by atoms with Crippen LogP contribution in [-0.4, -0.2) is 20.5 Å². The van der Waals surface area contributed by atoms with Gasteiger partial charge < -0.3 is 19.2 Å². The van der Waals surface area contributed by atoms with E-state index in [0.717, 1.165) is 28.9 Å². The van der Waals surface area contributed by atoms with E-state index in [1.165, 1.54) is 6.07 Å². The Morgan fingerprint density at radius 2 is 1.42 bits per heavy atom. The summed E-state index contributed by atoms with van der Waals surface area (Å²) in [6, 6.07) is 18.6. The Labute approximate surface area is 190 Å². The lowest BCUT2D eigenvalue weighted by Crippen LogP contribution is -2.23. The summed E-state index contributed by atoms with van der Waals surface area (Å²) in [4.78, 5) is 13.2. The van der Waals surface area contributed by atoms with Crippen molar-refractivity contribution in [2.75, 3.05) is 19.1 Å². The second-order valence-corrected chi connectivity index (χ2v) is 8.16. The van der Waals surface area contributed by atoms with Gasteiger partial charge in [0.05, 0.1) is 19.9 Å². The van der Waals surface area contributed by atoms with Crippen LogP contribution in [-0.2, 0) is 17.9 Å². The lowest BCUT2D eigenvalue weighted by Gasteiger charge is -2.27.